The van der Waals surface area contributed by atoms with Gasteiger partial charge in [-0.2, -0.15) is 0 Å². The van der Waals surface area contributed by atoms with Gasteiger partial charge in [0.25, 0.3) is 5.12 Å². The number of para-hydroxylation sites is 1. The van der Waals surface area contributed by atoms with Crippen LogP contribution in [0.25, 0.3) is 0 Å². The van der Waals surface area contributed by atoms with E-state index in [1.807, 2.05) is 6.92 Å². The molecule has 114 valence electrons. The molecule has 1 atom stereocenters. The van der Waals surface area contributed by atoms with Crippen molar-refractivity contribution in [1.29, 1.82) is 0 Å². The lowest BCUT2D eigenvalue weighted by atomic mass is 9.94. The fourth-order valence-corrected chi connectivity index (χ4v) is 3.95. The molecule has 4 nitrogen and oxygen atoms in total. The van der Waals surface area contributed by atoms with Crippen molar-refractivity contribution in [2.24, 2.45) is 0 Å². The summed E-state index contributed by atoms with van der Waals surface area (Å²) in [7, 11) is -3.99. The monoisotopic (exact) mass is 316 g/mol. The van der Waals surface area contributed by atoms with Crippen molar-refractivity contribution >= 4 is 15.0 Å². The molecule has 1 aliphatic heterocycles. The first-order valence-electron chi connectivity index (χ1n) is 7.07. The Morgan fingerprint density at radius 2 is 1.77 bits per heavy atom. The Bertz CT molecular complexity index is 807. The Kier molecular flexibility index (Phi) is 3.74. The molecule has 0 spiro atoms. The Hall–Kier alpha value is -2.14. The van der Waals surface area contributed by atoms with Crippen LogP contribution in [0.1, 0.15) is 23.5 Å². The van der Waals surface area contributed by atoms with Gasteiger partial charge in [-0.1, -0.05) is 35.9 Å². The quantitative estimate of drug-likeness (QED) is 0.855. The molecule has 1 aliphatic rings. The second-order valence-electron chi connectivity index (χ2n) is 5.36. The molecule has 0 saturated heterocycles. The van der Waals surface area contributed by atoms with Gasteiger partial charge in [-0.25, -0.2) is 8.42 Å². The molecule has 5 heteroatoms. The van der Waals surface area contributed by atoms with Crippen molar-refractivity contribution in [3.05, 3.63) is 59.7 Å². The molecule has 0 bridgehead atoms. The third-order valence-electron chi connectivity index (χ3n) is 3.84. The summed E-state index contributed by atoms with van der Waals surface area (Å²) >= 11 is 0. The van der Waals surface area contributed by atoms with E-state index in [9.17, 15) is 13.2 Å². The van der Waals surface area contributed by atoms with Gasteiger partial charge in [-0.05, 0) is 31.5 Å². The minimum atomic E-state index is -3.99. The molecule has 2 aromatic carbocycles. The van der Waals surface area contributed by atoms with Crippen molar-refractivity contribution in [3.8, 4) is 5.75 Å². The molecule has 0 amide bonds. The highest BCUT2D eigenvalue weighted by molar-refractivity contribution is 8.06. The van der Waals surface area contributed by atoms with Gasteiger partial charge in [-0.15, -0.1) is 0 Å². The number of ether oxygens (including phenoxy) is 1. The number of rotatable bonds is 2. The van der Waals surface area contributed by atoms with Crippen LogP contribution in [-0.4, -0.2) is 20.1 Å². The molecule has 0 saturated carbocycles. The van der Waals surface area contributed by atoms with E-state index in [1.54, 1.807) is 36.4 Å². The molecule has 3 rings (SSSR count). The first kappa shape index (κ1) is 14.8. The summed E-state index contributed by atoms with van der Waals surface area (Å²) in [6.07, 6.45) is 0.376. The summed E-state index contributed by atoms with van der Waals surface area (Å²) in [5.74, 6) is -0.0811. The lowest BCUT2D eigenvalue weighted by molar-refractivity contribution is -0.113. The van der Waals surface area contributed by atoms with Crippen molar-refractivity contribution in [2.45, 2.75) is 24.2 Å². The average Bonchev–Trinajstić information content (AvgIpc) is 2.54. The Morgan fingerprint density at radius 3 is 2.50 bits per heavy atom. The van der Waals surface area contributed by atoms with Crippen LogP contribution in [0.5, 0.6) is 5.75 Å². The molecule has 0 N–H and O–H groups in total. The van der Waals surface area contributed by atoms with E-state index in [0.717, 1.165) is 5.56 Å². The number of sulfone groups is 1. The predicted octanol–water partition coefficient (Wildman–Crippen LogP) is 2.86. The van der Waals surface area contributed by atoms with Gasteiger partial charge in [0.05, 0.1) is 17.4 Å². The second-order valence-corrected chi connectivity index (χ2v) is 7.24. The molecule has 22 heavy (non-hydrogen) atoms. The Balaban J connectivity index is 1.99. The van der Waals surface area contributed by atoms with Crippen LogP contribution in [0, 0.1) is 6.92 Å². The third-order valence-corrected chi connectivity index (χ3v) is 5.55. The zero-order chi connectivity index (χ0) is 15.7. The molecule has 1 heterocycles. The average molecular weight is 316 g/mol. The molecule has 0 radical (unpaired) electrons. The van der Waals surface area contributed by atoms with Gasteiger partial charge in [0.2, 0.25) is 9.84 Å². The highest BCUT2D eigenvalue weighted by Crippen LogP contribution is 2.36. The number of aryl methyl sites for hydroxylation is 1. The van der Waals surface area contributed by atoms with Gasteiger partial charge in [0, 0.05) is 5.56 Å². The number of hydrogen-bond acceptors (Lipinski definition) is 4. The topological polar surface area (TPSA) is 60.4 Å². The minimum Gasteiger partial charge on any atom is -0.493 e. The zero-order valence-electron chi connectivity index (χ0n) is 12.2. The third kappa shape index (κ3) is 2.52. The Morgan fingerprint density at radius 1 is 1.09 bits per heavy atom. The number of carbonyl (C=O) groups is 1. The standard InChI is InChI=1S/C17H16O4S/c1-12-6-8-13(9-7-12)22(19,20)17(18)15-10-11-21-16-5-3-2-4-14(15)16/h2-9,15H,10-11H2,1H3. The van der Waals surface area contributed by atoms with Gasteiger partial charge in [0.1, 0.15) is 5.75 Å². The maximum atomic E-state index is 12.6. The van der Waals surface area contributed by atoms with Crippen LogP contribution >= 0.6 is 0 Å². The molecule has 0 aliphatic carbocycles. The maximum absolute atomic E-state index is 12.6. The van der Waals surface area contributed by atoms with E-state index in [4.69, 9.17) is 4.74 Å². The number of fused-ring (bicyclic) bond motifs is 1. The van der Waals surface area contributed by atoms with E-state index in [0.29, 0.717) is 24.3 Å². The minimum absolute atomic E-state index is 0.0482. The summed E-state index contributed by atoms with van der Waals surface area (Å²) in [5.41, 5.74) is 1.59. The van der Waals surface area contributed by atoms with Crippen LogP contribution in [0.15, 0.2) is 53.4 Å². The largest absolute Gasteiger partial charge is 0.493 e. The van der Waals surface area contributed by atoms with E-state index in [1.165, 1.54) is 12.1 Å². The summed E-state index contributed by atoms with van der Waals surface area (Å²) < 4.78 is 30.6. The van der Waals surface area contributed by atoms with E-state index < -0.39 is 20.9 Å². The fraction of sp³-hybridized carbons (Fsp3) is 0.235. The molecule has 0 aromatic heterocycles. The lowest BCUT2D eigenvalue weighted by Gasteiger charge is -2.24. The van der Waals surface area contributed by atoms with Crippen LogP contribution in [0.3, 0.4) is 0 Å². The summed E-state index contributed by atoms with van der Waals surface area (Å²) in [6.45, 7) is 2.21. The number of hydrogen-bond donors (Lipinski definition) is 0. The fourth-order valence-electron chi connectivity index (χ4n) is 2.61. The van der Waals surface area contributed by atoms with E-state index >= 15 is 0 Å². The predicted molar refractivity (Wildman–Crippen MR) is 82.7 cm³/mol. The van der Waals surface area contributed by atoms with Crippen molar-refractivity contribution < 1.29 is 17.9 Å². The van der Waals surface area contributed by atoms with Crippen LogP contribution in [0.4, 0.5) is 0 Å². The summed E-state index contributed by atoms with van der Waals surface area (Å²) in [6, 6.07) is 13.4. The normalized spacial score (nSPS) is 17.4. The zero-order valence-corrected chi connectivity index (χ0v) is 13.0. The van der Waals surface area contributed by atoms with Gasteiger partial charge >= 0.3 is 0 Å². The smallest absolute Gasteiger partial charge is 0.258 e. The summed E-state index contributed by atoms with van der Waals surface area (Å²) in [4.78, 5) is 12.7. The van der Waals surface area contributed by atoms with Crippen molar-refractivity contribution in [1.82, 2.24) is 0 Å². The van der Waals surface area contributed by atoms with Crippen molar-refractivity contribution in [2.75, 3.05) is 6.61 Å². The lowest BCUT2D eigenvalue weighted by Crippen LogP contribution is -2.27. The number of benzene rings is 2. The molecule has 0 fully saturated rings. The van der Waals surface area contributed by atoms with Crippen LogP contribution in [-0.2, 0) is 14.6 Å². The van der Waals surface area contributed by atoms with E-state index in [-0.39, 0.29) is 4.90 Å². The van der Waals surface area contributed by atoms with Crippen LogP contribution < -0.4 is 4.74 Å². The van der Waals surface area contributed by atoms with Gasteiger partial charge in [-0.3, -0.25) is 4.79 Å². The molecular weight excluding hydrogens is 300 g/mol. The SMILES string of the molecule is Cc1ccc(S(=O)(=O)C(=O)C2CCOc3ccccc32)cc1. The first-order valence-corrected chi connectivity index (χ1v) is 8.56. The molecule has 1 unspecified atom stereocenters. The highest BCUT2D eigenvalue weighted by atomic mass is 32.2. The molecular formula is C17H16O4S. The van der Waals surface area contributed by atoms with E-state index in [2.05, 4.69) is 0 Å². The van der Waals surface area contributed by atoms with Crippen molar-refractivity contribution in [3.63, 3.8) is 0 Å². The summed E-state index contributed by atoms with van der Waals surface area (Å²) in [5, 5.41) is -0.757. The van der Waals surface area contributed by atoms with Crippen LogP contribution in [0.2, 0.25) is 0 Å². The molecule has 2 aromatic rings. The maximum Gasteiger partial charge on any atom is 0.258 e. The van der Waals surface area contributed by atoms with Gasteiger partial charge < -0.3 is 4.74 Å². The van der Waals surface area contributed by atoms with Gasteiger partial charge in [0.15, 0.2) is 0 Å². The Labute approximate surface area is 129 Å². The second kappa shape index (κ2) is 5.57. The highest BCUT2D eigenvalue weighted by Gasteiger charge is 2.36. The first-order chi connectivity index (χ1) is 10.5. The number of carbonyl (C=O) groups excluding carboxylic acids is 1.